The molecule has 1 unspecified atom stereocenters. The Bertz CT molecular complexity index is 227. The van der Waals surface area contributed by atoms with E-state index in [1.54, 1.807) is 0 Å². The second-order valence-electron chi connectivity index (χ2n) is 3.76. The van der Waals surface area contributed by atoms with E-state index in [0.717, 1.165) is 6.54 Å². The smallest absolute Gasteiger partial charge is 0.0615 e. The molecule has 0 amide bonds. The first-order valence-corrected chi connectivity index (χ1v) is 5.50. The highest BCUT2D eigenvalue weighted by Crippen LogP contribution is 2.03. The van der Waals surface area contributed by atoms with E-state index in [1.807, 2.05) is 23.1 Å². The molecule has 0 aliphatic carbocycles. The lowest BCUT2D eigenvalue weighted by molar-refractivity contribution is 0.401. The van der Waals surface area contributed by atoms with Gasteiger partial charge in [-0.05, 0) is 25.8 Å². The molecule has 0 fully saturated rings. The Labute approximate surface area is 86.5 Å². The molecule has 14 heavy (non-hydrogen) atoms. The lowest BCUT2D eigenvalue weighted by atomic mass is 10.1. The zero-order valence-corrected chi connectivity index (χ0v) is 9.40. The zero-order valence-electron chi connectivity index (χ0n) is 9.40. The molecule has 0 aliphatic rings. The highest BCUT2D eigenvalue weighted by molar-refractivity contribution is 4.81. The molecule has 1 aromatic heterocycles. The first-order chi connectivity index (χ1) is 6.77. The van der Waals surface area contributed by atoms with Crippen molar-refractivity contribution in [3.8, 4) is 0 Å². The van der Waals surface area contributed by atoms with Crippen molar-refractivity contribution < 1.29 is 0 Å². The predicted molar refractivity (Wildman–Crippen MR) is 59.3 cm³/mol. The van der Waals surface area contributed by atoms with Crippen LogP contribution in [-0.2, 0) is 0 Å². The average Bonchev–Trinajstić information content (AvgIpc) is 2.72. The lowest BCUT2D eigenvalue weighted by Crippen LogP contribution is -2.32. The minimum Gasteiger partial charge on any atom is -0.312 e. The molecule has 1 rings (SSSR count). The number of aromatic nitrogens is 2. The summed E-state index contributed by atoms with van der Waals surface area (Å²) < 4.78 is 2.00. The van der Waals surface area contributed by atoms with Gasteiger partial charge in [0.1, 0.15) is 0 Å². The maximum atomic E-state index is 4.22. The minimum absolute atomic E-state index is 0.436. The van der Waals surface area contributed by atoms with Crippen LogP contribution in [0.25, 0.3) is 0 Å². The van der Waals surface area contributed by atoms with Crippen molar-refractivity contribution in [3.63, 3.8) is 0 Å². The largest absolute Gasteiger partial charge is 0.312 e. The number of nitrogens with one attached hydrogen (secondary N) is 1. The maximum Gasteiger partial charge on any atom is 0.0615 e. The summed E-state index contributed by atoms with van der Waals surface area (Å²) in [5, 5.41) is 7.77. The van der Waals surface area contributed by atoms with Crippen molar-refractivity contribution >= 4 is 0 Å². The molecule has 1 aromatic rings. The van der Waals surface area contributed by atoms with Gasteiger partial charge in [0.25, 0.3) is 0 Å². The van der Waals surface area contributed by atoms with Gasteiger partial charge in [-0.2, -0.15) is 5.10 Å². The SMILES string of the molecule is CCC(CC)NCC(C)n1cccn1. The van der Waals surface area contributed by atoms with Gasteiger partial charge in [-0.15, -0.1) is 0 Å². The zero-order chi connectivity index (χ0) is 10.4. The average molecular weight is 195 g/mol. The minimum atomic E-state index is 0.436. The molecular weight excluding hydrogens is 174 g/mol. The monoisotopic (exact) mass is 195 g/mol. The van der Waals surface area contributed by atoms with Crippen LogP contribution < -0.4 is 5.32 Å². The molecule has 3 heteroatoms. The molecule has 3 nitrogen and oxygen atoms in total. The van der Waals surface area contributed by atoms with E-state index < -0.39 is 0 Å². The summed E-state index contributed by atoms with van der Waals surface area (Å²) in [6.45, 7) is 7.62. The lowest BCUT2D eigenvalue weighted by Gasteiger charge is -2.18. The molecule has 0 saturated heterocycles. The van der Waals surface area contributed by atoms with E-state index >= 15 is 0 Å². The van der Waals surface area contributed by atoms with Crippen LogP contribution in [0.2, 0.25) is 0 Å². The molecule has 0 bridgehead atoms. The molecule has 1 N–H and O–H groups in total. The van der Waals surface area contributed by atoms with Crippen molar-refractivity contribution in [2.24, 2.45) is 0 Å². The van der Waals surface area contributed by atoms with E-state index in [2.05, 4.69) is 31.2 Å². The Morgan fingerprint density at radius 3 is 2.57 bits per heavy atom. The summed E-state index contributed by atoms with van der Waals surface area (Å²) in [5.41, 5.74) is 0. The maximum absolute atomic E-state index is 4.22. The molecule has 80 valence electrons. The van der Waals surface area contributed by atoms with Crippen LogP contribution in [0, 0.1) is 0 Å². The Hall–Kier alpha value is -0.830. The van der Waals surface area contributed by atoms with Crippen molar-refractivity contribution in [1.29, 1.82) is 0 Å². The number of nitrogens with zero attached hydrogens (tertiary/aromatic N) is 2. The van der Waals surface area contributed by atoms with Gasteiger partial charge in [-0.1, -0.05) is 13.8 Å². The second-order valence-corrected chi connectivity index (χ2v) is 3.76. The van der Waals surface area contributed by atoms with Crippen molar-refractivity contribution in [1.82, 2.24) is 15.1 Å². The fourth-order valence-electron chi connectivity index (χ4n) is 1.55. The predicted octanol–water partition coefficient (Wildman–Crippen LogP) is 2.22. The topological polar surface area (TPSA) is 29.9 Å². The Balaban J connectivity index is 2.31. The summed E-state index contributed by atoms with van der Waals surface area (Å²) in [6.07, 6.45) is 6.23. The van der Waals surface area contributed by atoms with Crippen LogP contribution in [0.3, 0.4) is 0 Å². The van der Waals surface area contributed by atoms with Gasteiger partial charge in [0, 0.05) is 25.0 Å². The van der Waals surface area contributed by atoms with Crippen LogP contribution in [0.5, 0.6) is 0 Å². The second kappa shape index (κ2) is 5.81. The molecule has 1 atom stereocenters. The Morgan fingerprint density at radius 2 is 2.07 bits per heavy atom. The van der Waals surface area contributed by atoms with Gasteiger partial charge in [-0.25, -0.2) is 0 Å². The van der Waals surface area contributed by atoms with Gasteiger partial charge in [0.05, 0.1) is 6.04 Å². The standard InChI is InChI=1S/C11H21N3/c1-4-11(5-2)12-9-10(3)14-8-6-7-13-14/h6-8,10-12H,4-5,9H2,1-3H3. The molecule has 0 radical (unpaired) electrons. The third-order valence-corrected chi connectivity index (χ3v) is 2.66. The van der Waals surface area contributed by atoms with E-state index in [-0.39, 0.29) is 0 Å². The molecule has 0 saturated carbocycles. The summed E-state index contributed by atoms with van der Waals surface area (Å²) >= 11 is 0. The van der Waals surface area contributed by atoms with Crippen molar-refractivity contribution in [3.05, 3.63) is 18.5 Å². The van der Waals surface area contributed by atoms with E-state index in [0.29, 0.717) is 12.1 Å². The molecule has 0 spiro atoms. The van der Waals surface area contributed by atoms with Crippen molar-refractivity contribution in [2.75, 3.05) is 6.54 Å². The summed E-state index contributed by atoms with van der Waals surface area (Å²) in [7, 11) is 0. The first-order valence-electron chi connectivity index (χ1n) is 5.50. The highest BCUT2D eigenvalue weighted by Gasteiger charge is 2.07. The number of hydrogen-bond acceptors (Lipinski definition) is 2. The fraction of sp³-hybridized carbons (Fsp3) is 0.727. The van der Waals surface area contributed by atoms with Gasteiger partial charge >= 0.3 is 0 Å². The normalized spacial score (nSPS) is 13.4. The van der Waals surface area contributed by atoms with Crippen LogP contribution in [0.1, 0.15) is 39.7 Å². The van der Waals surface area contributed by atoms with Crippen molar-refractivity contribution in [2.45, 2.75) is 45.7 Å². The summed E-state index contributed by atoms with van der Waals surface area (Å²) in [5.74, 6) is 0. The van der Waals surface area contributed by atoms with Crippen LogP contribution in [-0.4, -0.2) is 22.4 Å². The molecule has 0 aromatic carbocycles. The van der Waals surface area contributed by atoms with Gasteiger partial charge < -0.3 is 5.32 Å². The van der Waals surface area contributed by atoms with Crippen LogP contribution >= 0.6 is 0 Å². The third kappa shape index (κ3) is 3.14. The van der Waals surface area contributed by atoms with E-state index in [4.69, 9.17) is 0 Å². The van der Waals surface area contributed by atoms with Crippen LogP contribution in [0.4, 0.5) is 0 Å². The quantitative estimate of drug-likeness (QED) is 0.754. The first kappa shape index (κ1) is 11.2. The van der Waals surface area contributed by atoms with Gasteiger partial charge in [-0.3, -0.25) is 4.68 Å². The Morgan fingerprint density at radius 1 is 1.36 bits per heavy atom. The number of rotatable bonds is 6. The fourth-order valence-corrected chi connectivity index (χ4v) is 1.55. The van der Waals surface area contributed by atoms with Gasteiger partial charge in [0.2, 0.25) is 0 Å². The molecular formula is C11H21N3. The van der Waals surface area contributed by atoms with Gasteiger partial charge in [0.15, 0.2) is 0 Å². The third-order valence-electron chi connectivity index (χ3n) is 2.66. The molecule has 0 aliphatic heterocycles. The summed E-state index contributed by atoms with van der Waals surface area (Å²) in [4.78, 5) is 0. The number of hydrogen-bond donors (Lipinski definition) is 1. The van der Waals surface area contributed by atoms with E-state index in [1.165, 1.54) is 12.8 Å². The van der Waals surface area contributed by atoms with E-state index in [9.17, 15) is 0 Å². The molecule has 1 heterocycles. The summed E-state index contributed by atoms with van der Waals surface area (Å²) in [6, 6.07) is 3.05. The highest BCUT2D eigenvalue weighted by atomic mass is 15.3. The Kier molecular flexibility index (Phi) is 4.66. The van der Waals surface area contributed by atoms with Crippen LogP contribution in [0.15, 0.2) is 18.5 Å².